The van der Waals surface area contributed by atoms with Crippen LogP contribution in [0.1, 0.15) is 59.1 Å². The molecule has 0 radical (unpaired) electrons. The average molecular weight is 627 g/mol. The fraction of sp³-hybridized carbons (Fsp3) is 0.559. The van der Waals surface area contributed by atoms with Gasteiger partial charge in [0.2, 0.25) is 0 Å². The van der Waals surface area contributed by atoms with Crippen LogP contribution < -0.4 is 14.7 Å². The number of hydrogen-bond acceptors (Lipinski definition) is 6. The normalized spacial score (nSPS) is 12.8. The molecule has 0 aromatic heterocycles. The first-order valence-electron chi connectivity index (χ1n) is 15.9. The molecule has 238 valence electrons. The minimum atomic E-state index is -2.04. The number of benzene rings is 2. The van der Waals surface area contributed by atoms with E-state index in [4.69, 9.17) is 21.6 Å². The highest BCUT2D eigenvalue weighted by atomic mass is 32.4. The van der Waals surface area contributed by atoms with Crippen molar-refractivity contribution >= 4 is 30.0 Å². The van der Waals surface area contributed by atoms with Crippen LogP contribution in [0, 0.1) is 11.8 Å². The van der Waals surface area contributed by atoms with Crippen LogP contribution in [0.15, 0.2) is 53.6 Å². The Morgan fingerprint density at radius 3 is 2.07 bits per heavy atom. The lowest BCUT2D eigenvalue weighted by Crippen LogP contribution is -2.34. The largest absolute Gasteiger partial charge is 0.492 e. The number of hydrogen-bond donors (Lipinski definition) is 1. The molecule has 0 aliphatic rings. The first kappa shape index (κ1) is 36.8. The molecule has 0 saturated heterocycles. The number of hydrazone groups is 1. The van der Waals surface area contributed by atoms with E-state index in [2.05, 4.69) is 103 Å². The van der Waals surface area contributed by atoms with Gasteiger partial charge in [-0.25, -0.2) is 0 Å². The molecule has 0 aliphatic carbocycles. The molecule has 43 heavy (non-hydrogen) atoms. The van der Waals surface area contributed by atoms with E-state index in [-0.39, 0.29) is 0 Å². The highest BCUT2D eigenvalue weighted by molar-refractivity contribution is 8.12. The maximum atomic E-state index is 6.29. The highest BCUT2D eigenvalue weighted by Gasteiger charge is 2.21. The summed E-state index contributed by atoms with van der Waals surface area (Å²) in [5.41, 5.74) is 3.24. The van der Waals surface area contributed by atoms with Gasteiger partial charge in [-0.1, -0.05) is 45.4 Å². The van der Waals surface area contributed by atoms with Gasteiger partial charge in [-0.2, -0.15) is 5.10 Å². The Morgan fingerprint density at radius 1 is 0.860 bits per heavy atom. The predicted octanol–water partition coefficient (Wildman–Crippen LogP) is 6.20. The summed E-state index contributed by atoms with van der Waals surface area (Å²) in [7, 11) is 2.03. The average Bonchev–Trinajstić information content (AvgIpc) is 3.03. The molecule has 1 atom stereocenters. The lowest BCUT2D eigenvalue weighted by Gasteiger charge is -2.32. The van der Waals surface area contributed by atoms with Gasteiger partial charge in [-0.05, 0) is 107 Å². The van der Waals surface area contributed by atoms with Crippen LogP contribution in [0.3, 0.4) is 0 Å². The summed E-state index contributed by atoms with van der Waals surface area (Å²) in [5, 5.41) is 8.58. The zero-order valence-corrected chi connectivity index (χ0v) is 29.4. The summed E-state index contributed by atoms with van der Waals surface area (Å²) in [6.45, 7) is 22.4. The molecular formula is C34H55N6OPS. The Labute approximate surface area is 267 Å². The number of likely N-dealkylation sites (N-methyl/N-ethyl adjacent to an activating group) is 2. The van der Waals surface area contributed by atoms with Crippen LogP contribution in [-0.4, -0.2) is 99.5 Å². The second-order valence-corrected chi connectivity index (χ2v) is 15.0. The lowest BCUT2D eigenvalue weighted by molar-refractivity contribution is 0.304. The van der Waals surface area contributed by atoms with Gasteiger partial charge in [0.1, 0.15) is 18.7 Å². The predicted molar refractivity (Wildman–Crippen MR) is 192 cm³/mol. The molecular weight excluding hydrogens is 571 g/mol. The molecule has 0 heterocycles. The summed E-state index contributed by atoms with van der Waals surface area (Å²) < 4.78 is 8.10. The standard InChI is InChI=1S/C34H55N6OPS/c1-8-15-31-16-20-33(21-17-31)40(13-6)27-28-41-34-22-18-32(19-23-34)30-35-37(7)42(43,29-14-25-38(9-2)10-3)36-24-26-39(11-4)12-5/h16-23,30H,9-14,24-29H2,1-7H3,(H,36,43)/b35-30-. The van der Waals surface area contributed by atoms with Crippen molar-refractivity contribution in [1.82, 2.24) is 19.7 Å². The molecule has 0 spiro atoms. The summed E-state index contributed by atoms with van der Waals surface area (Å²) in [5.74, 6) is 6.90. The van der Waals surface area contributed by atoms with Crippen LogP contribution in [0.2, 0.25) is 0 Å². The Hall–Kier alpha value is -2.40. The maximum Gasteiger partial charge on any atom is 0.119 e. The first-order chi connectivity index (χ1) is 20.8. The molecule has 9 heteroatoms. The third-order valence-electron chi connectivity index (χ3n) is 7.75. The summed E-state index contributed by atoms with van der Waals surface area (Å²) in [6.07, 6.45) is 1.88. The van der Waals surface area contributed by atoms with Crippen molar-refractivity contribution in [2.45, 2.75) is 48.0 Å². The Morgan fingerprint density at radius 2 is 1.49 bits per heavy atom. The fourth-order valence-electron chi connectivity index (χ4n) is 4.82. The van der Waals surface area contributed by atoms with E-state index >= 15 is 0 Å². The number of rotatable bonds is 21. The molecule has 1 N–H and O–H groups in total. The summed E-state index contributed by atoms with van der Waals surface area (Å²) in [4.78, 5) is 7.19. The minimum absolute atomic E-state index is 0.607. The molecule has 1 unspecified atom stereocenters. The quantitative estimate of drug-likeness (QED) is 0.0766. The zero-order valence-electron chi connectivity index (χ0n) is 27.7. The Kier molecular flexibility index (Phi) is 17.6. The van der Waals surface area contributed by atoms with Crippen molar-refractivity contribution in [2.75, 3.05) is 83.6 Å². The lowest BCUT2D eigenvalue weighted by atomic mass is 10.2. The fourth-order valence-corrected chi connectivity index (χ4v) is 7.50. The van der Waals surface area contributed by atoms with Gasteiger partial charge in [0.15, 0.2) is 0 Å². The summed E-state index contributed by atoms with van der Waals surface area (Å²) >= 11 is 6.29. The van der Waals surface area contributed by atoms with Gasteiger partial charge >= 0.3 is 0 Å². The van der Waals surface area contributed by atoms with Gasteiger partial charge in [-0.3, -0.25) is 9.87 Å². The van der Waals surface area contributed by atoms with Crippen LogP contribution in [0.4, 0.5) is 5.69 Å². The van der Waals surface area contributed by atoms with Crippen LogP contribution in [0.25, 0.3) is 0 Å². The minimum Gasteiger partial charge on any atom is -0.492 e. The zero-order chi connectivity index (χ0) is 31.5. The number of ether oxygens (including phenoxy) is 1. The topological polar surface area (TPSA) is 46.6 Å². The highest BCUT2D eigenvalue weighted by Crippen LogP contribution is 2.45. The van der Waals surface area contributed by atoms with E-state index < -0.39 is 6.34 Å². The Balaban J connectivity index is 1.96. The van der Waals surface area contributed by atoms with Gasteiger partial charge in [0, 0.05) is 44.1 Å². The molecule has 2 rings (SSSR count). The monoisotopic (exact) mass is 626 g/mol. The smallest absolute Gasteiger partial charge is 0.119 e. The Bertz CT molecular complexity index is 1150. The van der Waals surface area contributed by atoms with Gasteiger partial charge in [0.05, 0.1) is 12.8 Å². The molecule has 0 fully saturated rings. The van der Waals surface area contributed by atoms with E-state index in [0.717, 1.165) is 88.4 Å². The first-order valence-corrected chi connectivity index (χ1v) is 18.8. The molecule has 0 amide bonds. The molecule has 0 aliphatic heterocycles. The summed E-state index contributed by atoms with van der Waals surface area (Å²) in [6, 6.07) is 16.5. The van der Waals surface area contributed by atoms with Gasteiger partial charge in [-0.15, -0.1) is 5.92 Å². The molecule has 2 aromatic rings. The van der Waals surface area contributed by atoms with E-state index in [0.29, 0.717) is 6.61 Å². The molecule has 2 aromatic carbocycles. The molecule has 7 nitrogen and oxygen atoms in total. The van der Waals surface area contributed by atoms with E-state index in [1.807, 2.05) is 37.1 Å². The van der Waals surface area contributed by atoms with Crippen molar-refractivity contribution in [3.05, 3.63) is 59.7 Å². The van der Waals surface area contributed by atoms with E-state index in [1.165, 1.54) is 5.69 Å². The van der Waals surface area contributed by atoms with Crippen LogP contribution in [-0.2, 0) is 11.8 Å². The second-order valence-electron chi connectivity index (χ2n) is 10.4. The SMILES string of the molecule is CC#Cc1ccc(N(CC)CCOc2ccc(/C=N\N(C)P(=S)(CCCN(CC)CC)NCCN(CC)CC)cc2)cc1. The number of nitrogens with one attached hydrogen (secondary N) is 1. The molecule has 0 saturated carbocycles. The van der Waals surface area contributed by atoms with Crippen molar-refractivity contribution in [3.8, 4) is 17.6 Å². The van der Waals surface area contributed by atoms with Crippen molar-refractivity contribution in [2.24, 2.45) is 5.10 Å². The van der Waals surface area contributed by atoms with Crippen molar-refractivity contribution in [1.29, 1.82) is 0 Å². The maximum absolute atomic E-state index is 6.29. The van der Waals surface area contributed by atoms with Gasteiger partial charge < -0.3 is 19.4 Å². The molecule has 0 bridgehead atoms. The van der Waals surface area contributed by atoms with E-state index in [9.17, 15) is 0 Å². The number of anilines is 1. The van der Waals surface area contributed by atoms with Crippen LogP contribution >= 0.6 is 6.34 Å². The van der Waals surface area contributed by atoms with Crippen LogP contribution in [0.5, 0.6) is 5.75 Å². The third-order valence-corrected chi connectivity index (χ3v) is 12.1. The second kappa shape index (κ2) is 20.5. The number of nitrogens with zero attached hydrogens (tertiary/aromatic N) is 5. The van der Waals surface area contributed by atoms with Gasteiger partial charge in [0.25, 0.3) is 0 Å². The van der Waals surface area contributed by atoms with Crippen molar-refractivity contribution in [3.63, 3.8) is 0 Å². The third kappa shape index (κ3) is 13.0. The van der Waals surface area contributed by atoms with Crippen molar-refractivity contribution < 1.29 is 4.74 Å². The van der Waals surface area contributed by atoms with E-state index in [1.54, 1.807) is 0 Å².